The molecule has 4 heteroatoms. The summed E-state index contributed by atoms with van der Waals surface area (Å²) in [5, 5.41) is 0. The van der Waals surface area contributed by atoms with E-state index in [4.69, 9.17) is 15.0 Å². The van der Waals surface area contributed by atoms with E-state index in [1.165, 1.54) is 12.8 Å². The summed E-state index contributed by atoms with van der Waals surface area (Å²) >= 11 is 0. The minimum atomic E-state index is 0.133. The molecule has 0 bridgehead atoms. The Morgan fingerprint density at radius 3 is 2.93 bits per heavy atom. The molecule has 1 heterocycles. The van der Waals surface area contributed by atoms with Gasteiger partial charge in [-0.2, -0.15) is 0 Å². The molecular weight excluding hydrogens is 192 g/mol. The number of rotatable bonds is 6. The Hall–Kier alpha value is -0.840. The summed E-state index contributed by atoms with van der Waals surface area (Å²) in [5.74, 6) is 7.16. The Labute approximate surface area is 89.7 Å². The molecule has 2 rings (SSSR count). The second-order valence-corrected chi connectivity index (χ2v) is 4.09. The maximum Gasteiger partial charge on any atom is 0.105 e. The van der Waals surface area contributed by atoms with E-state index >= 15 is 0 Å². The first-order chi connectivity index (χ1) is 7.35. The zero-order valence-electron chi connectivity index (χ0n) is 8.98. The van der Waals surface area contributed by atoms with Crippen LogP contribution in [0, 0.1) is 5.92 Å². The summed E-state index contributed by atoms with van der Waals surface area (Å²) in [6, 6.07) is 3.99. The van der Waals surface area contributed by atoms with Gasteiger partial charge in [-0.05, 0) is 30.9 Å². The van der Waals surface area contributed by atoms with Gasteiger partial charge in [0.05, 0.1) is 18.4 Å². The van der Waals surface area contributed by atoms with Crippen LogP contribution in [0.2, 0.25) is 0 Å². The molecule has 15 heavy (non-hydrogen) atoms. The van der Waals surface area contributed by atoms with Crippen molar-refractivity contribution in [3.63, 3.8) is 0 Å². The normalized spacial score (nSPS) is 20.1. The summed E-state index contributed by atoms with van der Waals surface area (Å²) in [6.45, 7) is 0. The molecule has 1 saturated carbocycles. The number of furan rings is 1. The second-order valence-electron chi connectivity index (χ2n) is 4.09. The molecular formula is C11H18N2O2. The van der Waals surface area contributed by atoms with E-state index in [1.807, 2.05) is 12.1 Å². The minimum absolute atomic E-state index is 0.133. The first-order valence-corrected chi connectivity index (χ1v) is 5.36. The predicted molar refractivity (Wildman–Crippen MR) is 57.0 cm³/mol. The van der Waals surface area contributed by atoms with Crippen molar-refractivity contribution in [2.75, 3.05) is 7.11 Å². The largest absolute Gasteiger partial charge is 0.469 e. The molecule has 2 atom stereocenters. The van der Waals surface area contributed by atoms with E-state index in [0.29, 0.717) is 5.92 Å². The molecule has 1 aliphatic carbocycles. The van der Waals surface area contributed by atoms with Gasteiger partial charge in [0.15, 0.2) is 0 Å². The lowest BCUT2D eigenvalue weighted by Gasteiger charge is -2.24. The van der Waals surface area contributed by atoms with Gasteiger partial charge < -0.3 is 9.15 Å². The second kappa shape index (κ2) is 4.79. The molecule has 1 aromatic rings. The van der Waals surface area contributed by atoms with Crippen molar-refractivity contribution in [3.05, 3.63) is 24.2 Å². The molecule has 0 aliphatic heterocycles. The molecule has 1 fully saturated rings. The van der Waals surface area contributed by atoms with Crippen LogP contribution < -0.4 is 11.3 Å². The van der Waals surface area contributed by atoms with Gasteiger partial charge in [-0.25, -0.2) is 0 Å². The fraction of sp³-hybridized carbons (Fsp3) is 0.636. The molecule has 3 N–H and O–H groups in total. The Balaban J connectivity index is 1.96. The van der Waals surface area contributed by atoms with Crippen molar-refractivity contribution < 1.29 is 9.15 Å². The van der Waals surface area contributed by atoms with E-state index in [9.17, 15) is 0 Å². The van der Waals surface area contributed by atoms with Crippen LogP contribution in [0.25, 0.3) is 0 Å². The highest BCUT2D eigenvalue weighted by Gasteiger charge is 2.36. The van der Waals surface area contributed by atoms with E-state index in [2.05, 4.69) is 5.43 Å². The van der Waals surface area contributed by atoms with E-state index < -0.39 is 0 Å². The number of ether oxygens (including phenoxy) is 1. The maximum absolute atomic E-state index is 5.56. The third-order valence-electron chi connectivity index (χ3n) is 2.97. The number of hydrazine groups is 1. The fourth-order valence-electron chi connectivity index (χ4n) is 2.03. The highest BCUT2D eigenvalue weighted by molar-refractivity contribution is 5.03. The number of nitrogens with two attached hydrogens (primary N) is 1. The third kappa shape index (κ3) is 2.59. The Bertz CT molecular complexity index is 283. The number of methoxy groups -OCH3 is 1. The van der Waals surface area contributed by atoms with Gasteiger partial charge in [-0.1, -0.05) is 0 Å². The standard InChI is InChI=1S/C11H18N2O2/c1-14-11(8-4-5-8)10(13-12)7-9-3-2-6-15-9/h2-3,6,8,10-11,13H,4-5,7,12H2,1H3. The first kappa shape index (κ1) is 10.7. The van der Waals surface area contributed by atoms with Crippen LogP contribution in [0.3, 0.4) is 0 Å². The molecule has 2 unspecified atom stereocenters. The summed E-state index contributed by atoms with van der Waals surface area (Å²) in [7, 11) is 1.75. The van der Waals surface area contributed by atoms with Crippen LogP contribution in [0.1, 0.15) is 18.6 Å². The van der Waals surface area contributed by atoms with Crippen molar-refractivity contribution in [3.8, 4) is 0 Å². The SMILES string of the molecule is COC(C1CC1)C(Cc1ccco1)NN. The van der Waals surface area contributed by atoms with Gasteiger partial charge in [-0.15, -0.1) is 0 Å². The van der Waals surface area contributed by atoms with Crippen molar-refractivity contribution in [1.29, 1.82) is 0 Å². The van der Waals surface area contributed by atoms with Gasteiger partial charge in [0.1, 0.15) is 5.76 Å². The monoisotopic (exact) mass is 210 g/mol. The molecule has 1 aliphatic rings. The number of hydrogen-bond acceptors (Lipinski definition) is 4. The van der Waals surface area contributed by atoms with Gasteiger partial charge >= 0.3 is 0 Å². The molecule has 4 nitrogen and oxygen atoms in total. The van der Waals surface area contributed by atoms with Crippen LogP contribution in [0.15, 0.2) is 22.8 Å². The molecule has 1 aromatic heterocycles. The molecule has 0 aromatic carbocycles. The Kier molecular flexibility index (Phi) is 3.41. The van der Waals surface area contributed by atoms with Gasteiger partial charge in [0.25, 0.3) is 0 Å². The summed E-state index contributed by atoms with van der Waals surface area (Å²) in [5.41, 5.74) is 2.83. The fourth-order valence-corrected chi connectivity index (χ4v) is 2.03. The summed E-state index contributed by atoms with van der Waals surface area (Å²) in [4.78, 5) is 0. The van der Waals surface area contributed by atoms with Crippen LogP contribution >= 0.6 is 0 Å². The van der Waals surface area contributed by atoms with E-state index in [-0.39, 0.29) is 12.1 Å². The Morgan fingerprint density at radius 1 is 1.67 bits per heavy atom. The predicted octanol–water partition coefficient (Wildman–Crippen LogP) is 1.08. The van der Waals surface area contributed by atoms with Gasteiger partial charge in [0.2, 0.25) is 0 Å². The lowest BCUT2D eigenvalue weighted by molar-refractivity contribution is 0.0495. The topological polar surface area (TPSA) is 60.4 Å². The average Bonchev–Trinajstić information content (AvgIpc) is 2.95. The minimum Gasteiger partial charge on any atom is -0.469 e. The molecule has 0 radical (unpaired) electrons. The Morgan fingerprint density at radius 2 is 2.47 bits per heavy atom. The molecule has 0 saturated heterocycles. The molecule has 0 amide bonds. The average molecular weight is 210 g/mol. The van der Waals surface area contributed by atoms with Crippen molar-refractivity contribution >= 4 is 0 Å². The smallest absolute Gasteiger partial charge is 0.105 e. The number of hydrogen-bond donors (Lipinski definition) is 2. The van der Waals surface area contributed by atoms with Crippen LogP contribution in [-0.4, -0.2) is 19.3 Å². The van der Waals surface area contributed by atoms with Gasteiger partial charge in [0, 0.05) is 13.5 Å². The van der Waals surface area contributed by atoms with Crippen LogP contribution in [0.5, 0.6) is 0 Å². The van der Waals surface area contributed by atoms with E-state index in [1.54, 1.807) is 13.4 Å². The maximum atomic E-state index is 5.56. The van der Waals surface area contributed by atoms with Gasteiger partial charge in [-0.3, -0.25) is 11.3 Å². The summed E-state index contributed by atoms with van der Waals surface area (Å²) < 4.78 is 10.8. The highest BCUT2D eigenvalue weighted by Crippen LogP contribution is 2.36. The van der Waals surface area contributed by atoms with Crippen LogP contribution in [0.4, 0.5) is 0 Å². The quantitative estimate of drug-likeness (QED) is 0.545. The number of nitrogens with one attached hydrogen (secondary N) is 1. The first-order valence-electron chi connectivity index (χ1n) is 5.36. The molecule has 0 spiro atoms. The van der Waals surface area contributed by atoms with E-state index in [0.717, 1.165) is 12.2 Å². The zero-order chi connectivity index (χ0) is 10.7. The lowest BCUT2D eigenvalue weighted by Crippen LogP contribution is -2.47. The highest BCUT2D eigenvalue weighted by atomic mass is 16.5. The summed E-state index contributed by atoms with van der Waals surface area (Å²) in [6.07, 6.45) is 5.14. The zero-order valence-corrected chi connectivity index (χ0v) is 8.98. The van der Waals surface area contributed by atoms with Crippen molar-refractivity contribution in [1.82, 2.24) is 5.43 Å². The third-order valence-corrected chi connectivity index (χ3v) is 2.97. The van der Waals surface area contributed by atoms with Crippen molar-refractivity contribution in [2.24, 2.45) is 11.8 Å². The van der Waals surface area contributed by atoms with Crippen LogP contribution in [-0.2, 0) is 11.2 Å². The van der Waals surface area contributed by atoms with Crippen molar-refractivity contribution in [2.45, 2.75) is 31.4 Å². The lowest BCUT2D eigenvalue weighted by atomic mass is 10.0. The molecule has 84 valence electrons.